The number of hydrogen-bond donors (Lipinski definition) is 2. The molecule has 1 aromatic heterocycles. The number of ether oxygens (including phenoxy) is 1. The zero-order chi connectivity index (χ0) is 13.1. The largest absolute Gasteiger partial charge is 0.495 e. The normalized spacial score (nSPS) is 10.2. The van der Waals surface area contributed by atoms with Gasteiger partial charge in [-0.15, -0.1) is 0 Å². The second-order valence-electron chi connectivity index (χ2n) is 3.39. The van der Waals surface area contributed by atoms with E-state index < -0.39 is 0 Å². The fourth-order valence-electron chi connectivity index (χ4n) is 1.37. The molecule has 0 unspecified atom stereocenters. The molecule has 0 radical (unpaired) electrons. The van der Waals surface area contributed by atoms with E-state index in [-0.39, 0.29) is 5.95 Å². The maximum absolute atomic E-state index is 5.95. The lowest BCUT2D eigenvalue weighted by molar-refractivity contribution is 0.417. The zero-order valence-electron chi connectivity index (χ0n) is 9.45. The Morgan fingerprint density at radius 3 is 2.94 bits per heavy atom. The van der Waals surface area contributed by atoms with Gasteiger partial charge in [0, 0.05) is 11.2 Å². The highest BCUT2D eigenvalue weighted by Crippen LogP contribution is 2.32. The molecule has 5 nitrogen and oxygen atoms in total. The number of nitrogens with zero attached hydrogens (tertiary/aromatic N) is 2. The minimum absolute atomic E-state index is 0.182. The van der Waals surface area contributed by atoms with Crippen LogP contribution in [0.3, 0.4) is 0 Å². The Morgan fingerprint density at radius 1 is 1.44 bits per heavy atom. The zero-order valence-corrected chi connectivity index (χ0v) is 11.8. The summed E-state index contributed by atoms with van der Waals surface area (Å²) in [6.45, 7) is 0. The first-order chi connectivity index (χ1) is 8.60. The van der Waals surface area contributed by atoms with E-state index >= 15 is 0 Å². The first-order valence-corrected chi connectivity index (χ1v) is 6.16. The number of methoxy groups -OCH3 is 1. The lowest BCUT2D eigenvalue weighted by atomic mass is 10.3. The van der Waals surface area contributed by atoms with Gasteiger partial charge in [-0.2, -0.15) is 4.98 Å². The molecule has 2 rings (SSSR count). The highest BCUT2D eigenvalue weighted by atomic mass is 79.9. The lowest BCUT2D eigenvalue weighted by Crippen LogP contribution is -2.01. The van der Waals surface area contributed by atoms with Gasteiger partial charge in [-0.3, -0.25) is 0 Å². The van der Waals surface area contributed by atoms with E-state index in [4.69, 9.17) is 22.1 Å². The van der Waals surface area contributed by atoms with Gasteiger partial charge in [0.15, 0.2) is 0 Å². The predicted molar refractivity (Wildman–Crippen MR) is 75.4 cm³/mol. The minimum Gasteiger partial charge on any atom is -0.495 e. The van der Waals surface area contributed by atoms with Crippen molar-refractivity contribution in [3.63, 3.8) is 0 Å². The summed E-state index contributed by atoms with van der Waals surface area (Å²) in [7, 11) is 1.58. The first-order valence-electron chi connectivity index (χ1n) is 4.98. The van der Waals surface area contributed by atoms with Crippen molar-refractivity contribution >= 4 is 45.0 Å². The average Bonchev–Trinajstić information content (AvgIpc) is 2.34. The molecule has 0 fully saturated rings. The van der Waals surface area contributed by atoms with Crippen molar-refractivity contribution in [3.05, 3.63) is 33.9 Å². The molecule has 1 aromatic carbocycles. The van der Waals surface area contributed by atoms with Crippen LogP contribution >= 0.6 is 27.5 Å². The third-order valence-corrected chi connectivity index (χ3v) is 2.99. The van der Waals surface area contributed by atoms with E-state index in [2.05, 4.69) is 31.2 Å². The molecule has 0 amide bonds. The summed E-state index contributed by atoms with van der Waals surface area (Å²) in [6.07, 6.45) is 1.57. The molecule has 7 heteroatoms. The maximum atomic E-state index is 5.95. The fraction of sp³-hybridized carbons (Fsp3) is 0.0909. The molecule has 0 aliphatic heterocycles. The van der Waals surface area contributed by atoms with Gasteiger partial charge in [0.2, 0.25) is 5.95 Å². The van der Waals surface area contributed by atoms with E-state index in [1.54, 1.807) is 31.5 Å². The first kappa shape index (κ1) is 12.9. The standard InChI is InChI=1S/C11H10BrClN4O/c1-18-9-3-2-6(13)4-8(9)16-10-7(12)5-15-11(14)17-10/h2-5H,1H3,(H3,14,15,16,17). The molecule has 18 heavy (non-hydrogen) atoms. The number of anilines is 3. The van der Waals surface area contributed by atoms with Gasteiger partial charge >= 0.3 is 0 Å². The van der Waals surface area contributed by atoms with Crippen molar-refractivity contribution in [1.29, 1.82) is 0 Å². The maximum Gasteiger partial charge on any atom is 0.222 e. The summed E-state index contributed by atoms with van der Waals surface area (Å²) in [4.78, 5) is 7.95. The summed E-state index contributed by atoms with van der Waals surface area (Å²) >= 11 is 9.28. The van der Waals surface area contributed by atoms with Crippen LogP contribution in [-0.4, -0.2) is 17.1 Å². The Kier molecular flexibility index (Phi) is 3.88. The average molecular weight is 330 g/mol. The molecule has 0 spiro atoms. The van der Waals surface area contributed by atoms with Crippen molar-refractivity contribution < 1.29 is 4.74 Å². The monoisotopic (exact) mass is 328 g/mol. The van der Waals surface area contributed by atoms with E-state index in [1.807, 2.05) is 0 Å². The summed E-state index contributed by atoms with van der Waals surface area (Å²) < 4.78 is 5.92. The fourth-order valence-corrected chi connectivity index (χ4v) is 1.84. The molecule has 0 atom stereocenters. The van der Waals surface area contributed by atoms with Gasteiger partial charge in [0.25, 0.3) is 0 Å². The van der Waals surface area contributed by atoms with E-state index in [1.165, 1.54) is 0 Å². The third-order valence-electron chi connectivity index (χ3n) is 2.18. The molecule has 0 aliphatic rings. The number of benzene rings is 1. The molecule has 0 bridgehead atoms. The molecular formula is C11H10BrClN4O. The van der Waals surface area contributed by atoms with Crippen molar-refractivity contribution in [2.75, 3.05) is 18.2 Å². The van der Waals surface area contributed by atoms with Crippen LogP contribution < -0.4 is 15.8 Å². The highest BCUT2D eigenvalue weighted by Gasteiger charge is 2.08. The Bertz CT molecular complexity index is 579. The summed E-state index contributed by atoms with van der Waals surface area (Å²) in [5.74, 6) is 1.38. The Balaban J connectivity index is 2.38. The molecular weight excluding hydrogens is 320 g/mol. The molecule has 0 saturated carbocycles. The van der Waals surface area contributed by atoms with Crippen molar-refractivity contribution in [3.8, 4) is 5.75 Å². The number of nitrogens with one attached hydrogen (secondary N) is 1. The quantitative estimate of drug-likeness (QED) is 0.904. The van der Waals surface area contributed by atoms with Gasteiger partial charge < -0.3 is 15.8 Å². The van der Waals surface area contributed by atoms with Crippen molar-refractivity contribution in [1.82, 2.24) is 9.97 Å². The number of hydrogen-bond acceptors (Lipinski definition) is 5. The van der Waals surface area contributed by atoms with Crippen LogP contribution in [0.1, 0.15) is 0 Å². The van der Waals surface area contributed by atoms with Gasteiger partial charge in [0.1, 0.15) is 11.6 Å². The highest BCUT2D eigenvalue weighted by molar-refractivity contribution is 9.10. The molecule has 94 valence electrons. The van der Waals surface area contributed by atoms with Gasteiger partial charge in [-0.1, -0.05) is 11.6 Å². The SMILES string of the molecule is COc1ccc(Cl)cc1Nc1nc(N)ncc1Br. The summed E-state index contributed by atoms with van der Waals surface area (Å²) in [5.41, 5.74) is 6.24. The number of nitrogen functional groups attached to an aromatic ring is 1. The topological polar surface area (TPSA) is 73.1 Å². The smallest absolute Gasteiger partial charge is 0.222 e. The van der Waals surface area contributed by atoms with Crippen LogP contribution in [0.15, 0.2) is 28.9 Å². The molecule has 0 saturated heterocycles. The Labute approximate surface area is 117 Å². The van der Waals surface area contributed by atoms with Crippen LogP contribution in [-0.2, 0) is 0 Å². The number of nitrogens with two attached hydrogens (primary N) is 1. The lowest BCUT2D eigenvalue weighted by Gasteiger charge is -2.12. The van der Waals surface area contributed by atoms with E-state index in [0.29, 0.717) is 26.8 Å². The molecule has 2 aromatic rings. The molecule has 0 aliphatic carbocycles. The van der Waals surface area contributed by atoms with Crippen LogP contribution in [0.5, 0.6) is 5.75 Å². The van der Waals surface area contributed by atoms with Crippen molar-refractivity contribution in [2.45, 2.75) is 0 Å². The summed E-state index contributed by atoms with van der Waals surface area (Å²) in [6, 6.07) is 5.25. The third kappa shape index (κ3) is 2.83. The van der Waals surface area contributed by atoms with Crippen LogP contribution in [0.4, 0.5) is 17.5 Å². The predicted octanol–water partition coefficient (Wildman–Crippen LogP) is 3.23. The molecule has 3 N–H and O–H groups in total. The van der Waals surface area contributed by atoms with Crippen LogP contribution in [0.2, 0.25) is 5.02 Å². The van der Waals surface area contributed by atoms with Gasteiger partial charge in [-0.25, -0.2) is 4.98 Å². The summed E-state index contributed by atoms with van der Waals surface area (Å²) in [5, 5.41) is 3.68. The number of aromatic nitrogens is 2. The second kappa shape index (κ2) is 5.41. The second-order valence-corrected chi connectivity index (χ2v) is 4.69. The Morgan fingerprint density at radius 2 is 2.22 bits per heavy atom. The number of halogens is 2. The van der Waals surface area contributed by atoms with Gasteiger partial charge in [-0.05, 0) is 34.1 Å². The van der Waals surface area contributed by atoms with Gasteiger partial charge in [0.05, 0.1) is 17.3 Å². The Hall–Kier alpha value is -1.53. The van der Waals surface area contributed by atoms with E-state index in [9.17, 15) is 0 Å². The van der Waals surface area contributed by atoms with Crippen LogP contribution in [0, 0.1) is 0 Å². The minimum atomic E-state index is 0.182. The molecule has 1 heterocycles. The van der Waals surface area contributed by atoms with Crippen LogP contribution in [0.25, 0.3) is 0 Å². The van der Waals surface area contributed by atoms with Crippen molar-refractivity contribution in [2.24, 2.45) is 0 Å². The van der Waals surface area contributed by atoms with E-state index in [0.717, 1.165) is 0 Å². The number of rotatable bonds is 3.